The van der Waals surface area contributed by atoms with Crippen molar-refractivity contribution in [1.82, 2.24) is 5.32 Å². The number of nitro groups is 1. The van der Waals surface area contributed by atoms with Crippen LogP contribution in [0.15, 0.2) is 48.5 Å². The zero-order valence-electron chi connectivity index (χ0n) is 12.7. The second-order valence-electron chi connectivity index (χ2n) is 4.79. The van der Waals surface area contributed by atoms with Gasteiger partial charge in [-0.25, -0.2) is 4.39 Å². The van der Waals surface area contributed by atoms with E-state index in [0.717, 1.165) is 0 Å². The highest BCUT2D eigenvalue weighted by atomic mass is 19.1. The molecule has 0 aliphatic carbocycles. The highest BCUT2D eigenvalue weighted by Gasteiger charge is 2.11. The lowest BCUT2D eigenvalue weighted by molar-refractivity contribution is -0.384. The molecule has 24 heavy (non-hydrogen) atoms. The van der Waals surface area contributed by atoms with Crippen LogP contribution < -0.4 is 15.4 Å². The van der Waals surface area contributed by atoms with E-state index in [0.29, 0.717) is 18.0 Å². The van der Waals surface area contributed by atoms with Gasteiger partial charge in [-0.3, -0.25) is 14.9 Å². The number of nitro benzene ring substituents is 1. The van der Waals surface area contributed by atoms with E-state index >= 15 is 0 Å². The molecule has 2 rings (SSSR count). The maximum Gasteiger partial charge on any atom is 0.292 e. The van der Waals surface area contributed by atoms with Crippen LogP contribution in [0.1, 0.15) is 0 Å². The lowest BCUT2D eigenvalue weighted by Gasteiger charge is -2.09. The van der Waals surface area contributed by atoms with Crippen LogP contribution in [0.5, 0.6) is 5.75 Å². The summed E-state index contributed by atoms with van der Waals surface area (Å²) in [5.74, 6) is -0.332. The van der Waals surface area contributed by atoms with Gasteiger partial charge in [-0.15, -0.1) is 0 Å². The van der Waals surface area contributed by atoms with Crippen molar-refractivity contribution in [1.29, 1.82) is 0 Å². The van der Waals surface area contributed by atoms with Gasteiger partial charge in [0.05, 0.1) is 4.92 Å². The summed E-state index contributed by atoms with van der Waals surface area (Å²) in [4.78, 5) is 22.0. The van der Waals surface area contributed by atoms with Gasteiger partial charge < -0.3 is 15.4 Å². The number of nitrogens with zero attached hydrogens (tertiary/aromatic N) is 1. The van der Waals surface area contributed by atoms with Gasteiger partial charge in [0.25, 0.3) is 11.6 Å². The highest BCUT2D eigenvalue weighted by molar-refractivity contribution is 5.77. The second kappa shape index (κ2) is 8.47. The van der Waals surface area contributed by atoms with E-state index in [1.807, 2.05) is 0 Å². The standard InChI is InChI=1S/C16H16FN3O4/c17-12-5-7-13(8-6-12)24-11-16(21)19-10-9-18-14-3-1-2-4-15(14)20(22)23/h1-8,18H,9-11H2,(H,19,21). The lowest BCUT2D eigenvalue weighted by Crippen LogP contribution is -2.32. The fourth-order valence-corrected chi connectivity index (χ4v) is 1.91. The van der Waals surface area contributed by atoms with Crippen LogP contribution in [0.4, 0.5) is 15.8 Å². The monoisotopic (exact) mass is 333 g/mol. The van der Waals surface area contributed by atoms with E-state index in [2.05, 4.69) is 10.6 Å². The Morgan fingerprint density at radius 2 is 1.83 bits per heavy atom. The Hall–Kier alpha value is -3.16. The number of amides is 1. The minimum atomic E-state index is -0.475. The van der Waals surface area contributed by atoms with Gasteiger partial charge in [-0.2, -0.15) is 0 Å². The molecule has 0 aliphatic heterocycles. The summed E-state index contributed by atoms with van der Waals surface area (Å²) < 4.78 is 17.9. The summed E-state index contributed by atoms with van der Waals surface area (Å²) >= 11 is 0. The number of carbonyl (C=O) groups excluding carboxylic acids is 1. The Kier molecular flexibility index (Phi) is 6.07. The van der Waals surface area contributed by atoms with Crippen LogP contribution in [0, 0.1) is 15.9 Å². The quantitative estimate of drug-likeness (QED) is 0.439. The maximum atomic E-state index is 12.7. The molecule has 126 valence electrons. The van der Waals surface area contributed by atoms with Crippen LogP contribution in [0.25, 0.3) is 0 Å². The first-order valence-corrected chi connectivity index (χ1v) is 7.18. The zero-order chi connectivity index (χ0) is 17.4. The SMILES string of the molecule is O=C(COc1ccc(F)cc1)NCCNc1ccccc1[N+](=O)[O-]. The largest absolute Gasteiger partial charge is 0.484 e. The number of nitrogens with one attached hydrogen (secondary N) is 2. The lowest BCUT2D eigenvalue weighted by atomic mass is 10.2. The number of rotatable bonds is 8. The van der Waals surface area contributed by atoms with Crippen LogP contribution >= 0.6 is 0 Å². The van der Waals surface area contributed by atoms with E-state index in [4.69, 9.17) is 4.74 Å². The molecule has 0 atom stereocenters. The van der Waals surface area contributed by atoms with Gasteiger partial charge >= 0.3 is 0 Å². The number of carbonyl (C=O) groups is 1. The third-order valence-corrected chi connectivity index (χ3v) is 3.05. The third-order valence-electron chi connectivity index (χ3n) is 3.05. The molecule has 0 aliphatic rings. The fraction of sp³-hybridized carbons (Fsp3) is 0.188. The average molecular weight is 333 g/mol. The molecule has 0 radical (unpaired) electrons. The molecule has 0 fully saturated rings. The third kappa shape index (κ3) is 5.24. The van der Waals surface area contributed by atoms with Crippen LogP contribution in [0.3, 0.4) is 0 Å². The molecule has 2 aromatic carbocycles. The molecule has 2 N–H and O–H groups in total. The Balaban J connectivity index is 1.69. The molecule has 8 heteroatoms. The first-order valence-electron chi connectivity index (χ1n) is 7.18. The van der Waals surface area contributed by atoms with Crippen molar-refractivity contribution in [2.24, 2.45) is 0 Å². The molecule has 0 bridgehead atoms. The summed E-state index contributed by atoms with van der Waals surface area (Å²) in [6, 6.07) is 11.6. The maximum absolute atomic E-state index is 12.7. The van der Waals surface area contributed by atoms with E-state index < -0.39 is 4.92 Å². The first kappa shape index (κ1) is 17.2. The number of para-hydroxylation sites is 2. The van der Waals surface area contributed by atoms with E-state index in [9.17, 15) is 19.3 Å². The van der Waals surface area contributed by atoms with Gasteiger partial charge in [-0.1, -0.05) is 12.1 Å². The Bertz CT molecular complexity index is 707. The molecule has 2 aromatic rings. The normalized spacial score (nSPS) is 10.0. The molecule has 0 unspecified atom stereocenters. The van der Waals surface area contributed by atoms with Gasteiger partial charge in [0, 0.05) is 19.2 Å². The van der Waals surface area contributed by atoms with Crippen LogP contribution in [-0.2, 0) is 4.79 Å². The van der Waals surface area contributed by atoms with E-state index in [1.165, 1.54) is 30.3 Å². The number of halogens is 1. The van der Waals surface area contributed by atoms with Gasteiger partial charge in [-0.05, 0) is 30.3 Å². The topological polar surface area (TPSA) is 93.5 Å². The number of hydrogen-bond acceptors (Lipinski definition) is 5. The number of benzene rings is 2. The molecular weight excluding hydrogens is 317 g/mol. The molecule has 7 nitrogen and oxygen atoms in total. The van der Waals surface area contributed by atoms with Gasteiger partial charge in [0.15, 0.2) is 6.61 Å². The minimum absolute atomic E-state index is 0.0246. The molecule has 0 saturated heterocycles. The first-order chi connectivity index (χ1) is 11.6. The molecular formula is C16H16FN3O4. The van der Waals surface area contributed by atoms with Gasteiger partial charge in [0.1, 0.15) is 17.3 Å². The summed E-state index contributed by atoms with van der Waals surface area (Å²) in [5, 5.41) is 16.4. The zero-order valence-corrected chi connectivity index (χ0v) is 12.7. The van der Waals surface area contributed by atoms with Crippen LogP contribution in [0.2, 0.25) is 0 Å². The Labute approximate surface area is 137 Å². The second-order valence-corrected chi connectivity index (χ2v) is 4.79. The molecule has 0 saturated carbocycles. The number of anilines is 1. The smallest absolute Gasteiger partial charge is 0.292 e. The van der Waals surface area contributed by atoms with Crippen molar-refractivity contribution < 1.29 is 18.8 Å². The van der Waals surface area contributed by atoms with Crippen molar-refractivity contribution >= 4 is 17.3 Å². The molecule has 0 heterocycles. The summed E-state index contributed by atoms with van der Waals surface area (Å²) in [6.45, 7) is 0.405. The highest BCUT2D eigenvalue weighted by Crippen LogP contribution is 2.22. The van der Waals surface area contributed by atoms with Crippen molar-refractivity contribution in [3.8, 4) is 5.75 Å². The molecule has 0 aromatic heterocycles. The van der Waals surface area contributed by atoms with Crippen molar-refractivity contribution in [3.05, 3.63) is 64.5 Å². The molecule has 0 spiro atoms. The summed E-state index contributed by atoms with van der Waals surface area (Å²) in [6.07, 6.45) is 0. The van der Waals surface area contributed by atoms with Crippen molar-refractivity contribution in [2.75, 3.05) is 25.0 Å². The number of hydrogen-bond donors (Lipinski definition) is 2. The van der Waals surface area contributed by atoms with Crippen molar-refractivity contribution in [3.63, 3.8) is 0 Å². The number of ether oxygens (including phenoxy) is 1. The van der Waals surface area contributed by atoms with Crippen molar-refractivity contribution in [2.45, 2.75) is 0 Å². The average Bonchev–Trinajstić information content (AvgIpc) is 2.58. The predicted octanol–water partition coefficient (Wildman–Crippen LogP) is 2.34. The van der Waals surface area contributed by atoms with Crippen LogP contribution in [-0.4, -0.2) is 30.5 Å². The summed E-state index contributed by atoms with van der Waals surface area (Å²) in [7, 11) is 0. The fourth-order valence-electron chi connectivity index (χ4n) is 1.91. The predicted molar refractivity (Wildman–Crippen MR) is 86.5 cm³/mol. The molecule has 1 amide bonds. The Morgan fingerprint density at radius 3 is 2.54 bits per heavy atom. The summed E-state index contributed by atoms with van der Waals surface area (Å²) in [5.41, 5.74) is 0.364. The van der Waals surface area contributed by atoms with Gasteiger partial charge in [0.2, 0.25) is 0 Å². The minimum Gasteiger partial charge on any atom is -0.484 e. The van der Waals surface area contributed by atoms with E-state index in [-0.39, 0.29) is 30.6 Å². The van der Waals surface area contributed by atoms with E-state index in [1.54, 1.807) is 18.2 Å². The Morgan fingerprint density at radius 1 is 1.12 bits per heavy atom.